The van der Waals surface area contributed by atoms with Gasteiger partial charge in [0.1, 0.15) is 5.92 Å². The van der Waals surface area contributed by atoms with E-state index in [-0.39, 0.29) is 12.5 Å². The number of benzene rings is 1. The minimum Gasteiger partial charge on any atom is -0.344 e. The largest absolute Gasteiger partial charge is 0.416 e. The number of likely N-dealkylation sites (N-methyl/N-ethyl adjacent to an activating group) is 1. The molecule has 0 radical (unpaired) electrons. The van der Waals surface area contributed by atoms with Gasteiger partial charge in [0, 0.05) is 25.7 Å². The number of aromatic amines is 1. The number of alkyl halides is 3. The van der Waals surface area contributed by atoms with Crippen molar-refractivity contribution in [3.05, 3.63) is 47.8 Å². The van der Waals surface area contributed by atoms with Crippen LogP contribution in [0.3, 0.4) is 0 Å². The third kappa shape index (κ3) is 3.35. The normalized spacial score (nSPS) is 20.8. The zero-order chi connectivity index (χ0) is 18.2. The number of likely N-dealkylation sites (tertiary alicyclic amines) is 1. The monoisotopic (exact) mass is 352 g/mol. The lowest BCUT2D eigenvalue weighted by Crippen LogP contribution is -2.32. The van der Waals surface area contributed by atoms with E-state index in [2.05, 4.69) is 15.5 Å². The molecule has 0 bridgehead atoms. The number of carbonyl (C=O) groups is 2. The van der Waals surface area contributed by atoms with E-state index in [1.807, 2.05) is 0 Å². The van der Waals surface area contributed by atoms with Crippen molar-refractivity contribution in [3.63, 3.8) is 0 Å². The second-order valence-corrected chi connectivity index (χ2v) is 5.90. The molecule has 1 aromatic heterocycles. The van der Waals surface area contributed by atoms with Gasteiger partial charge in [-0.15, -0.1) is 0 Å². The minimum absolute atomic E-state index is 0.258. The predicted octanol–water partition coefficient (Wildman–Crippen LogP) is 2.24. The van der Waals surface area contributed by atoms with Gasteiger partial charge in [0.15, 0.2) is 0 Å². The average molecular weight is 352 g/mol. The van der Waals surface area contributed by atoms with Gasteiger partial charge in [-0.25, -0.2) is 0 Å². The maximum absolute atomic E-state index is 12.7. The Morgan fingerprint density at radius 1 is 1.32 bits per heavy atom. The van der Waals surface area contributed by atoms with Crippen LogP contribution in [0.2, 0.25) is 0 Å². The van der Waals surface area contributed by atoms with Crippen LogP contribution in [0.25, 0.3) is 0 Å². The SMILES string of the molecule is CN1C[C@@H](c2ccc(C(F)(F)F)cc2)[C@H](C(=O)Nc2cn[nH]c2)C1=O. The van der Waals surface area contributed by atoms with E-state index >= 15 is 0 Å². The van der Waals surface area contributed by atoms with Crippen molar-refractivity contribution in [2.24, 2.45) is 5.92 Å². The number of hydrogen-bond donors (Lipinski definition) is 2. The van der Waals surface area contributed by atoms with Crippen LogP contribution in [0.1, 0.15) is 17.0 Å². The van der Waals surface area contributed by atoms with E-state index in [1.165, 1.54) is 29.4 Å². The molecule has 1 saturated heterocycles. The minimum atomic E-state index is -4.43. The first-order chi connectivity index (χ1) is 11.8. The molecule has 2 atom stereocenters. The number of nitrogens with one attached hydrogen (secondary N) is 2. The molecule has 2 aromatic rings. The Balaban J connectivity index is 1.85. The molecule has 0 spiro atoms. The molecule has 0 aliphatic carbocycles. The molecule has 2 amide bonds. The number of rotatable bonds is 3. The van der Waals surface area contributed by atoms with Gasteiger partial charge in [-0.05, 0) is 17.7 Å². The number of nitrogens with zero attached hydrogens (tertiary/aromatic N) is 2. The summed E-state index contributed by atoms with van der Waals surface area (Å²) in [5.74, 6) is -2.41. The van der Waals surface area contributed by atoms with Crippen LogP contribution in [-0.4, -0.2) is 40.5 Å². The summed E-state index contributed by atoms with van der Waals surface area (Å²) in [5, 5.41) is 8.84. The summed E-state index contributed by atoms with van der Waals surface area (Å²) in [6, 6.07) is 4.56. The standard InChI is InChI=1S/C16H15F3N4O2/c1-23-8-12(9-2-4-10(5-3-9)16(17,18)19)13(15(23)25)14(24)22-11-6-20-21-7-11/h2-7,12-13H,8H2,1H3,(H,20,21)(H,22,24)/t12-,13+/m0/s1. The number of H-pyrrole nitrogens is 1. The van der Waals surface area contributed by atoms with Crippen molar-refractivity contribution in [1.29, 1.82) is 0 Å². The summed E-state index contributed by atoms with van der Waals surface area (Å²) in [4.78, 5) is 26.2. The molecule has 1 aliphatic rings. The first-order valence-corrected chi connectivity index (χ1v) is 7.49. The van der Waals surface area contributed by atoms with Crippen molar-refractivity contribution < 1.29 is 22.8 Å². The van der Waals surface area contributed by atoms with Crippen LogP contribution < -0.4 is 5.32 Å². The maximum atomic E-state index is 12.7. The number of hydrogen-bond acceptors (Lipinski definition) is 3. The zero-order valence-corrected chi connectivity index (χ0v) is 13.2. The Morgan fingerprint density at radius 3 is 2.56 bits per heavy atom. The van der Waals surface area contributed by atoms with Crippen LogP contribution in [0, 0.1) is 5.92 Å². The molecule has 25 heavy (non-hydrogen) atoms. The highest BCUT2D eigenvalue weighted by Crippen LogP contribution is 2.36. The molecule has 0 unspecified atom stereocenters. The highest BCUT2D eigenvalue weighted by atomic mass is 19.4. The molecule has 3 rings (SSSR count). The van der Waals surface area contributed by atoms with E-state index in [9.17, 15) is 22.8 Å². The Hall–Kier alpha value is -2.84. The smallest absolute Gasteiger partial charge is 0.344 e. The Kier molecular flexibility index (Phi) is 4.23. The fourth-order valence-corrected chi connectivity index (χ4v) is 2.95. The fraction of sp³-hybridized carbons (Fsp3) is 0.312. The number of amides is 2. The van der Waals surface area contributed by atoms with Gasteiger partial charge in [-0.2, -0.15) is 18.3 Å². The van der Waals surface area contributed by atoms with Crippen LogP contribution in [0.4, 0.5) is 18.9 Å². The molecular formula is C16H15F3N4O2. The first-order valence-electron chi connectivity index (χ1n) is 7.49. The van der Waals surface area contributed by atoms with Gasteiger partial charge in [0.2, 0.25) is 11.8 Å². The van der Waals surface area contributed by atoms with Gasteiger partial charge in [-0.1, -0.05) is 12.1 Å². The second-order valence-electron chi connectivity index (χ2n) is 5.90. The number of halogens is 3. The summed E-state index contributed by atoms with van der Waals surface area (Å²) in [6.45, 7) is 0.258. The molecule has 1 aromatic carbocycles. The molecule has 2 N–H and O–H groups in total. The lowest BCUT2D eigenvalue weighted by Gasteiger charge is -2.17. The summed E-state index contributed by atoms with van der Waals surface area (Å²) in [5.41, 5.74) is 0.157. The Labute approximate surface area is 141 Å². The molecular weight excluding hydrogens is 337 g/mol. The molecule has 0 saturated carbocycles. The first kappa shape index (κ1) is 17.0. The summed E-state index contributed by atoms with van der Waals surface area (Å²) in [6.07, 6.45) is -1.57. The highest BCUT2D eigenvalue weighted by molar-refractivity contribution is 6.08. The third-order valence-electron chi connectivity index (χ3n) is 4.23. The van der Waals surface area contributed by atoms with Crippen LogP contribution in [-0.2, 0) is 15.8 Å². The van der Waals surface area contributed by atoms with E-state index in [0.717, 1.165) is 12.1 Å². The number of anilines is 1. The quantitative estimate of drug-likeness (QED) is 0.832. The summed E-state index contributed by atoms with van der Waals surface area (Å²) in [7, 11) is 1.56. The topological polar surface area (TPSA) is 78.1 Å². The molecule has 1 aliphatic heterocycles. The van der Waals surface area contributed by atoms with Crippen molar-refractivity contribution in [3.8, 4) is 0 Å². The molecule has 6 nitrogen and oxygen atoms in total. The zero-order valence-electron chi connectivity index (χ0n) is 13.2. The van der Waals surface area contributed by atoms with E-state index in [0.29, 0.717) is 11.3 Å². The Bertz CT molecular complexity index is 772. The van der Waals surface area contributed by atoms with Gasteiger partial charge >= 0.3 is 6.18 Å². The predicted molar refractivity (Wildman–Crippen MR) is 82.5 cm³/mol. The van der Waals surface area contributed by atoms with E-state index < -0.39 is 29.5 Å². The van der Waals surface area contributed by atoms with E-state index in [4.69, 9.17) is 0 Å². The van der Waals surface area contributed by atoms with E-state index in [1.54, 1.807) is 7.05 Å². The van der Waals surface area contributed by atoms with Crippen LogP contribution in [0.15, 0.2) is 36.7 Å². The van der Waals surface area contributed by atoms with Gasteiger partial charge in [0.05, 0.1) is 17.4 Å². The van der Waals surface area contributed by atoms with Crippen molar-refractivity contribution in [1.82, 2.24) is 15.1 Å². The van der Waals surface area contributed by atoms with Crippen molar-refractivity contribution in [2.75, 3.05) is 18.9 Å². The van der Waals surface area contributed by atoms with Crippen molar-refractivity contribution in [2.45, 2.75) is 12.1 Å². The highest BCUT2D eigenvalue weighted by Gasteiger charge is 2.44. The molecule has 2 heterocycles. The Morgan fingerprint density at radius 2 is 2.00 bits per heavy atom. The van der Waals surface area contributed by atoms with Gasteiger partial charge < -0.3 is 10.2 Å². The molecule has 132 valence electrons. The summed E-state index contributed by atoms with van der Waals surface area (Å²) >= 11 is 0. The average Bonchev–Trinajstić information content (AvgIpc) is 3.15. The number of carbonyl (C=O) groups excluding carboxylic acids is 2. The maximum Gasteiger partial charge on any atom is 0.416 e. The molecule has 9 heteroatoms. The van der Waals surface area contributed by atoms with Crippen LogP contribution in [0.5, 0.6) is 0 Å². The van der Waals surface area contributed by atoms with Gasteiger partial charge in [0.25, 0.3) is 0 Å². The fourth-order valence-electron chi connectivity index (χ4n) is 2.95. The van der Waals surface area contributed by atoms with Crippen molar-refractivity contribution >= 4 is 17.5 Å². The lowest BCUT2D eigenvalue weighted by atomic mass is 9.87. The second kappa shape index (κ2) is 6.23. The molecule has 1 fully saturated rings. The third-order valence-corrected chi connectivity index (χ3v) is 4.23. The van der Waals surface area contributed by atoms with Gasteiger partial charge in [-0.3, -0.25) is 14.7 Å². The lowest BCUT2D eigenvalue weighted by molar-refractivity contribution is -0.138. The summed E-state index contributed by atoms with van der Waals surface area (Å²) < 4.78 is 38.1. The van der Waals surface area contributed by atoms with Crippen LogP contribution >= 0.6 is 0 Å². The number of aromatic nitrogens is 2.